The summed E-state index contributed by atoms with van der Waals surface area (Å²) in [6.07, 6.45) is 5.25. The van der Waals surface area contributed by atoms with E-state index in [-0.39, 0.29) is 18.1 Å². The topological polar surface area (TPSA) is 46.6 Å². The molecule has 2 aliphatic rings. The molecule has 0 aromatic rings. The first-order chi connectivity index (χ1) is 7.72. The van der Waals surface area contributed by atoms with Crippen LogP contribution in [0.5, 0.6) is 0 Å². The van der Waals surface area contributed by atoms with Crippen molar-refractivity contribution in [2.45, 2.75) is 50.6 Å². The molecule has 2 fully saturated rings. The van der Waals surface area contributed by atoms with E-state index in [1.165, 1.54) is 7.11 Å². The SMILES string of the molecule is COC(=O)[C@@H]1CCCN1C1CCCC(=O)C1. The first-order valence-corrected chi connectivity index (χ1v) is 6.07. The molecule has 1 saturated carbocycles. The second-order valence-electron chi connectivity index (χ2n) is 4.71. The van der Waals surface area contributed by atoms with E-state index in [9.17, 15) is 9.59 Å². The number of methoxy groups -OCH3 is 1. The average molecular weight is 225 g/mol. The molecule has 0 amide bonds. The van der Waals surface area contributed by atoms with Crippen LogP contribution >= 0.6 is 0 Å². The molecule has 2 atom stereocenters. The van der Waals surface area contributed by atoms with Gasteiger partial charge >= 0.3 is 5.97 Å². The maximum atomic E-state index is 11.6. The molecule has 90 valence electrons. The molecule has 0 aromatic carbocycles. The van der Waals surface area contributed by atoms with Crippen LogP contribution in [0.1, 0.15) is 38.5 Å². The molecule has 1 saturated heterocycles. The van der Waals surface area contributed by atoms with Gasteiger partial charge in [-0.05, 0) is 32.2 Å². The largest absolute Gasteiger partial charge is 0.468 e. The number of hydrogen-bond acceptors (Lipinski definition) is 4. The monoisotopic (exact) mass is 225 g/mol. The summed E-state index contributed by atoms with van der Waals surface area (Å²) in [5.41, 5.74) is 0. The zero-order valence-corrected chi connectivity index (χ0v) is 9.78. The van der Waals surface area contributed by atoms with Gasteiger partial charge in [0.2, 0.25) is 0 Å². The van der Waals surface area contributed by atoms with Gasteiger partial charge < -0.3 is 4.74 Å². The second kappa shape index (κ2) is 4.95. The average Bonchev–Trinajstić information content (AvgIpc) is 2.77. The van der Waals surface area contributed by atoms with Crippen molar-refractivity contribution in [2.75, 3.05) is 13.7 Å². The highest BCUT2D eigenvalue weighted by Gasteiger charge is 2.37. The van der Waals surface area contributed by atoms with Crippen LogP contribution in [0.25, 0.3) is 0 Å². The van der Waals surface area contributed by atoms with Crippen molar-refractivity contribution in [3.8, 4) is 0 Å². The number of hydrogen-bond donors (Lipinski definition) is 0. The molecular weight excluding hydrogens is 206 g/mol. The lowest BCUT2D eigenvalue weighted by Crippen LogP contribution is -2.45. The Kier molecular flexibility index (Phi) is 3.59. The Morgan fingerprint density at radius 1 is 1.38 bits per heavy atom. The van der Waals surface area contributed by atoms with Gasteiger partial charge in [0, 0.05) is 18.9 Å². The molecule has 0 radical (unpaired) electrons. The van der Waals surface area contributed by atoms with Crippen LogP contribution in [-0.2, 0) is 14.3 Å². The Bertz CT molecular complexity index is 290. The van der Waals surface area contributed by atoms with Gasteiger partial charge in [-0.1, -0.05) is 0 Å². The number of carbonyl (C=O) groups excluding carboxylic acids is 2. The minimum Gasteiger partial charge on any atom is -0.468 e. The van der Waals surface area contributed by atoms with Gasteiger partial charge in [-0.15, -0.1) is 0 Å². The van der Waals surface area contributed by atoms with Crippen molar-refractivity contribution in [3.63, 3.8) is 0 Å². The zero-order chi connectivity index (χ0) is 11.5. The number of carbonyl (C=O) groups is 2. The highest BCUT2D eigenvalue weighted by atomic mass is 16.5. The third-order valence-corrected chi connectivity index (χ3v) is 3.69. The van der Waals surface area contributed by atoms with Crippen LogP contribution in [-0.4, -0.2) is 42.4 Å². The molecule has 0 bridgehead atoms. The van der Waals surface area contributed by atoms with E-state index in [1.54, 1.807) is 0 Å². The summed E-state index contributed by atoms with van der Waals surface area (Å²) in [7, 11) is 1.44. The Morgan fingerprint density at radius 2 is 2.19 bits per heavy atom. The number of rotatable bonds is 2. The standard InChI is InChI=1S/C12H19NO3/c1-16-12(15)11-6-3-7-13(11)9-4-2-5-10(14)8-9/h9,11H,2-8H2,1H3/t9?,11-/m0/s1. The van der Waals surface area contributed by atoms with Crippen molar-refractivity contribution in [1.82, 2.24) is 4.90 Å². The summed E-state index contributed by atoms with van der Waals surface area (Å²) >= 11 is 0. The lowest BCUT2D eigenvalue weighted by atomic mass is 9.92. The first-order valence-electron chi connectivity index (χ1n) is 6.07. The number of likely N-dealkylation sites (tertiary alicyclic amines) is 1. The molecule has 0 aromatic heterocycles. The fourth-order valence-electron chi connectivity index (χ4n) is 2.90. The Labute approximate surface area is 95.9 Å². The predicted molar refractivity (Wildman–Crippen MR) is 59.0 cm³/mol. The van der Waals surface area contributed by atoms with Gasteiger partial charge in [-0.3, -0.25) is 14.5 Å². The summed E-state index contributed by atoms with van der Waals surface area (Å²) in [5, 5.41) is 0. The highest BCUT2D eigenvalue weighted by molar-refractivity contribution is 5.80. The van der Waals surface area contributed by atoms with Crippen LogP contribution in [0.15, 0.2) is 0 Å². The van der Waals surface area contributed by atoms with Crippen molar-refractivity contribution >= 4 is 11.8 Å². The van der Waals surface area contributed by atoms with Gasteiger partial charge in [-0.2, -0.15) is 0 Å². The van der Waals surface area contributed by atoms with Crippen molar-refractivity contribution in [1.29, 1.82) is 0 Å². The number of Topliss-reactive ketones (excluding diaryl/α,β-unsaturated/α-hetero) is 1. The summed E-state index contributed by atoms with van der Waals surface area (Å²) in [6.45, 7) is 0.928. The van der Waals surface area contributed by atoms with Gasteiger partial charge in [-0.25, -0.2) is 0 Å². The van der Waals surface area contributed by atoms with Crippen LogP contribution in [0.3, 0.4) is 0 Å². The molecule has 2 rings (SSSR count). The molecule has 4 heteroatoms. The lowest BCUT2D eigenvalue weighted by molar-refractivity contribution is -0.147. The summed E-state index contributed by atoms with van der Waals surface area (Å²) < 4.78 is 4.82. The van der Waals surface area contributed by atoms with Crippen LogP contribution < -0.4 is 0 Å². The first kappa shape index (κ1) is 11.6. The maximum absolute atomic E-state index is 11.6. The van der Waals surface area contributed by atoms with Gasteiger partial charge in [0.15, 0.2) is 0 Å². The van der Waals surface area contributed by atoms with E-state index in [2.05, 4.69) is 4.90 Å². The van der Waals surface area contributed by atoms with Crippen molar-refractivity contribution < 1.29 is 14.3 Å². The molecule has 4 nitrogen and oxygen atoms in total. The van der Waals surface area contributed by atoms with Gasteiger partial charge in [0.05, 0.1) is 7.11 Å². The fraction of sp³-hybridized carbons (Fsp3) is 0.833. The number of nitrogens with zero attached hydrogens (tertiary/aromatic N) is 1. The van der Waals surface area contributed by atoms with E-state index >= 15 is 0 Å². The van der Waals surface area contributed by atoms with Gasteiger partial charge in [0.25, 0.3) is 0 Å². The molecule has 0 spiro atoms. The van der Waals surface area contributed by atoms with Crippen LogP contribution in [0.2, 0.25) is 0 Å². The van der Waals surface area contributed by atoms with Crippen LogP contribution in [0, 0.1) is 0 Å². The molecule has 0 N–H and O–H groups in total. The Hall–Kier alpha value is -0.900. The minimum absolute atomic E-state index is 0.110. The summed E-state index contributed by atoms with van der Waals surface area (Å²) in [5.74, 6) is 0.197. The molecule has 1 aliphatic carbocycles. The number of ketones is 1. The van der Waals surface area contributed by atoms with E-state index < -0.39 is 0 Å². The molecule has 16 heavy (non-hydrogen) atoms. The van der Waals surface area contributed by atoms with E-state index in [0.29, 0.717) is 18.6 Å². The summed E-state index contributed by atoms with van der Waals surface area (Å²) in [6, 6.07) is 0.161. The lowest BCUT2D eigenvalue weighted by Gasteiger charge is -2.33. The normalized spacial score (nSPS) is 31.7. The smallest absolute Gasteiger partial charge is 0.323 e. The van der Waals surface area contributed by atoms with E-state index in [1.807, 2.05) is 0 Å². The molecular formula is C12H19NO3. The third kappa shape index (κ3) is 2.26. The Balaban J connectivity index is 2.01. The molecule has 1 unspecified atom stereocenters. The highest BCUT2D eigenvalue weighted by Crippen LogP contribution is 2.28. The molecule has 1 aliphatic heterocycles. The number of ether oxygens (including phenoxy) is 1. The molecule has 1 heterocycles. The zero-order valence-electron chi connectivity index (χ0n) is 9.78. The third-order valence-electron chi connectivity index (χ3n) is 3.69. The summed E-state index contributed by atoms with van der Waals surface area (Å²) in [4.78, 5) is 25.2. The number of esters is 1. The minimum atomic E-state index is -0.143. The second-order valence-corrected chi connectivity index (χ2v) is 4.71. The van der Waals surface area contributed by atoms with Crippen molar-refractivity contribution in [3.05, 3.63) is 0 Å². The van der Waals surface area contributed by atoms with E-state index in [0.717, 1.165) is 32.2 Å². The quantitative estimate of drug-likeness (QED) is 0.661. The van der Waals surface area contributed by atoms with Crippen molar-refractivity contribution in [2.24, 2.45) is 0 Å². The van der Waals surface area contributed by atoms with Crippen LogP contribution in [0.4, 0.5) is 0 Å². The van der Waals surface area contributed by atoms with Gasteiger partial charge in [0.1, 0.15) is 11.8 Å². The maximum Gasteiger partial charge on any atom is 0.323 e. The fourth-order valence-corrected chi connectivity index (χ4v) is 2.90. The Morgan fingerprint density at radius 3 is 2.88 bits per heavy atom. The predicted octanol–water partition coefficient (Wildman–Crippen LogP) is 1.14. The van der Waals surface area contributed by atoms with E-state index in [4.69, 9.17) is 4.74 Å².